The number of benzene rings is 1. The van der Waals surface area contributed by atoms with Crippen molar-refractivity contribution in [1.29, 1.82) is 0 Å². The number of carbonyl (C=O) groups excluding carboxylic acids is 2. The number of amides is 1. The number of aryl methyl sites for hydroxylation is 1. The van der Waals surface area contributed by atoms with Gasteiger partial charge in [-0.2, -0.15) is 0 Å². The number of Topliss-reactive ketones (excluding diaryl/α,β-unsaturated/α-hetero) is 1. The molecule has 0 radical (unpaired) electrons. The number of hydrogen-bond donors (Lipinski definition) is 0. The monoisotopic (exact) mass is 437 g/mol. The summed E-state index contributed by atoms with van der Waals surface area (Å²) in [6.07, 6.45) is 4.51. The molecular weight excluding hydrogens is 414 g/mol. The highest BCUT2D eigenvalue weighted by atomic mass is 35.5. The van der Waals surface area contributed by atoms with Crippen LogP contribution in [0.4, 0.5) is 5.69 Å². The van der Waals surface area contributed by atoms with Crippen molar-refractivity contribution in [2.75, 3.05) is 19.1 Å². The average Bonchev–Trinajstić information content (AvgIpc) is 2.81. The number of ketones is 1. The van der Waals surface area contributed by atoms with Gasteiger partial charge in [0.05, 0.1) is 23.5 Å². The van der Waals surface area contributed by atoms with Gasteiger partial charge in [0, 0.05) is 49.0 Å². The Balaban J connectivity index is 1.70. The zero-order valence-corrected chi connectivity index (χ0v) is 18.5. The predicted molar refractivity (Wildman–Crippen MR) is 122 cm³/mol. The van der Waals surface area contributed by atoms with E-state index in [2.05, 4.69) is 9.97 Å². The normalized spacial score (nSPS) is 10.6. The predicted octanol–water partition coefficient (Wildman–Crippen LogP) is 4.99. The lowest BCUT2D eigenvalue weighted by atomic mass is 10.0. The summed E-state index contributed by atoms with van der Waals surface area (Å²) in [7, 11) is 3.27. The van der Waals surface area contributed by atoms with Gasteiger partial charge in [-0.1, -0.05) is 30.7 Å². The summed E-state index contributed by atoms with van der Waals surface area (Å²) in [5.74, 6) is 0.521. The number of pyridine rings is 2. The average molecular weight is 438 g/mol. The highest BCUT2D eigenvalue weighted by Crippen LogP contribution is 2.30. The summed E-state index contributed by atoms with van der Waals surface area (Å²) >= 11 is 6.39. The van der Waals surface area contributed by atoms with Crippen molar-refractivity contribution in [2.45, 2.75) is 26.2 Å². The molecule has 160 valence electrons. The SMILES string of the molecule is CCC(=O)N(C)c1ccc(-c2ccc(C(=O)CCc3cccnc3OC)cn2)cc1Cl. The van der Waals surface area contributed by atoms with Crippen LogP contribution in [0.3, 0.4) is 0 Å². The second-order valence-corrected chi connectivity index (χ2v) is 7.41. The minimum atomic E-state index is -0.0143. The maximum Gasteiger partial charge on any atom is 0.226 e. The van der Waals surface area contributed by atoms with Crippen molar-refractivity contribution in [3.05, 3.63) is 71.0 Å². The van der Waals surface area contributed by atoms with Crippen molar-refractivity contribution in [3.8, 4) is 17.1 Å². The van der Waals surface area contributed by atoms with E-state index in [9.17, 15) is 9.59 Å². The molecule has 0 spiro atoms. The molecule has 6 nitrogen and oxygen atoms in total. The molecule has 3 aromatic rings. The van der Waals surface area contributed by atoms with Crippen molar-refractivity contribution >= 4 is 29.0 Å². The zero-order valence-electron chi connectivity index (χ0n) is 17.8. The Morgan fingerprint density at radius 3 is 2.58 bits per heavy atom. The van der Waals surface area contributed by atoms with Crippen molar-refractivity contribution in [2.24, 2.45) is 0 Å². The molecule has 31 heavy (non-hydrogen) atoms. The van der Waals surface area contributed by atoms with Crippen LogP contribution in [-0.2, 0) is 11.2 Å². The summed E-state index contributed by atoms with van der Waals surface area (Å²) in [6, 6.07) is 12.7. The third kappa shape index (κ3) is 5.27. The number of nitrogens with zero attached hydrogens (tertiary/aromatic N) is 3. The fourth-order valence-corrected chi connectivity index (χ4v) is 3.54. The molecule has 0 saturated heterocycles. The van der Waals surface area contributed by atoms with Crippen LogP contribution in [0.25, 0.3) is 11.3 Å². The number of ether oxygens (including phenoxy) is 1. The van der Waals surface area contributed by atoms with E-state index in [4.69, 9.17) is 16.3 Å². The minimum Gasteiger partial charge on any atom is -0.481 e. The first kappa shape index (κ1) is 22.4. The summed E-state index contributed by atoms with van der Waals surface area (Å²) in [5, 5.41) is 0.467. The van der Waals surface area contributed by atoms with Gasteiger partial charge in [-0.15, -0.1) is 0 Å². The Morgan fingerprint density at radius 1 is 1.13 bits per heavy atom. The molecule has 2 heterocycles. The Bertz CT molecular complexity index is 1080. The molecule has 1 aromatic carbocycles. The van der Waals surface area contributed by atoms with Gasteiger partial charge >= 0.3 is 0 Å². The third-order valence-electron chi connectivity index (χ3n) is 5.03. The Labute approximate surface area is 186 Å². The summed E-state index contributed by atoms with van der Waals surface area (Å²) in [4.78, 5) is 34.6. The van der Waals surface area contributed by atoms with Crippen molar-refractivity contribution < 1.29 is 14.3 Å². The molecule has 0 N–H and O–H groups in total. The molecule has 2 aromatic heterocycles. The van der Waals surface area contributed by atoms with E-state index in [-0.39, 0.29) is 11.7 Å². The zero-order chi connectivity index (χ0) is 22.4. The Morgan fingerprint density at radius 2 is 1.94 bits per heavy atom. The first-order valence-corrected chi connectivity index (χ1v) is 10.4. The quantitative estimate of drug-likeness (QED) is 0.464. The fourth-order valence-electron chi connectivity index (χ4n) is 3.23. The van der Waals surface area contributed by atoms with E-state index in [1.165, 1.54) is 0 Å². The molecule has 0 atom stereocenters. The van der Waals surface area contributed by atoms with E-state index < -0.39 is 0 Å². The third-order valence-corrected chi connectivity index (χ3v) is 5.33. The lowest BCUT2D eigenvalue weighted by Gasteiger charge is -2.18. The van der Waals surface area contributed by atoms with E-state index in [1.807, 2.05) is 18.2 Å². The number of anilines is 1. The first-order valence-electron chi connectivity index (χ1n) is 9.98. The molecule has 0 aliphatic rings. The van der Waals surface area contributed by atoms with Gasteiger partial charge in [-0.25, -0.2) is 4.98 Å². The van der Waals surface area contributed by atoms with Crippen LogP contribution in [0, 0.1) is 0 Å². The van der Waals surface area contributed by atoms with Crippen LogP contribution < -0.4 is 9.64 Å². The van der Waals surface area contributed by atoms with E-state index in [1.54, 1.807) is 62.6 Å². The van der Waals surface area contributed by atoms with Crippen LogP contribution in [-0.4, -0.2) is 35.8 Å². The summed E-state index contributed by atoms with van der Waals surface area (Å²) < 4.78 is 5.23. The smallest absolute Gasteiger partial charge is 0.226 e. The van der Waals surface area contributed by atoms with Crippen LogP contribution in [0.15, 0.2) is 54.9 Å². The van der Waals surface area contributed by atoms with Crippen molar-refractivity contribution in [1.82, 2.24) is 9.97 Å². The maximum atomic E-state index is 12.6. The van der Waals surface area contributed by atoms with Crippen LogP contribution >= 0.6 is 11.6 Å². The Hall–Kier alpha value is -3.25. The van der Waals surface area contributed by atoms with Gasteiger partial charge < -0.3 is 9.64 Å². The van der Waals surface area contributed by atoms with E-state index in [0.717, 1.165) is 11.1 Å². The van der Waals surface area contributed by atoms with E-state index in [0.29, 0.717) is 47.1 Å². The van der Waals surface area contributed by atoms with Gasteiger partial charge in [-0.3, -0.25) is 14.6 Å². The highest BCUT2D eigenvalue weighted by molar-refractivity contribution is 6.34. The molecule has 0 fully saturated rings. The van der Waals surface area contributed by atoms with Gasteiger partial charge in [0.25, 0.3) is 0 Å². The number of aromatic nitrogens is 2. The maximum absolute atomic E-state index is 12.6. The highest BCUT2D eigenvalue weighted by Gasteiger charge is 2.14. The van der Waals surface area contributed by atoms with E-state index >= 15 is 0 Å². The number of rotatable bonds is 8. The summed E-state index contributed by atoms with van der Waals surface area (Å²) in [6.45, 7) is 1.81. The first-order chi connectivity index (χ1) is 14.9. The van der Waals surface area contributed by atoms with Crippen LogP contribution in [0.5, 0.6) is 5.88 Å². The molecule has 0 saturated carbocycles. The number of carbonyl (C=O) groups is 2. The number of halogens is 1. The second kappa shape index (κ2) is 10.2. The van der Waals surface area contributed by atoms with Gasteiger partial charge in [0.15, 0.2) is 5.78 Å². The topological polar surface area (TPSA) is 72.4 Å². The molecule has 0 aliphatic heterocycles. The molecule has 0 unspecified atom stereocenters. The molecular formula is C24H24ClN3O3. The van der Waals surface area contributed by atoms with Gasteiger partial charge in [-0.05, 0) is 36.8 Å². The van der Waals surface area contributed by atoms with Crippen LogP contribution in [0.2, 0.25) is 5.02 Å². The lowest BCUT2D eigenvalue weighted by Crippen LogP contribution is -2.25. The van der Waals surface area contributed by atoms with Crippen molar-refractivity contribution in [3.63, 3.8) is 0 Å². The van der Waals surface area contributed by atoms with Gasteiger partial charge in [0.1, 0.15) is 0 Å². The fraction of sp³-hybridized carbons (Fsp3) is 0.250. The molecule has 1 amide bonds. The molecule has 7 heteroatoms. The van der Waals surface area contributed by atoms with Gasteiger partial charge in [0.2, 0.25) is 11.8 Å². The molecule has 3 rings (SSSR count). The largest absolute Gasteiger partial charge is 0.481 e. The molecule has 0 bridgehead atoms. The lowest BCUT2D eigenvalue weighted by molar-refractivity contribution is -0.118. The second-order valence-electron chi connectivity index (χ2n) is 7.00. The summed E-state index contributed by atoms with van der Waals surface area (Å²) in [5.41, 5.74) is 3.59. The van der Waals surface area contributed by atoms with Crippen LogP contribution in [0.1, 0.15) is 35.7 Å². The molecule has 0 aliphatic carbocycles. The standard InChI is InChI=1S/C24H24ClN3O3/c1-4-23(30)28(2)21-11-8-17(14-19(21)25)20-10-7-18(15-27-20)22(29)12-9-16-6-5-13-26-24(16)31-3/h5-8,10-11,13-15H,4,9,12H2,1-3H3. The Kier molecular flexibility index (Phi) is 7.36. The number of methoxy groups -OCH3 is 1. The minimum absolute atomic E-state index is 0.00182. The number of hydrogen-bond acceptors (Lipinski definition) is 5.